The summed E-state index contributed by atoms with van der Waals surface area (Å²) in [4.78, 5) is 27.8. The molecule has 1 aliphatic carbocycles. The summed E-state index contributed by atoms with van der Waals surface area (Å²) in [6, 6.07) is 0. The lowest BCUT2D eigenvalue weighted by Gasteiger charge is -2.44. The van der Waals surface area contributed by atoms with Crippen molar-refractivity contribution in [3.63, 3.8) is 0 Å². The molecule has 0 aromatic carbocycles. The van der Waals surface area contributed by atoms with E-state index in [0.29, 0.717) is 13.1 Å². The zero-order valence-electron chi connectivity index (χ0n) is 28.2. The Morgan fingerprint density at radius 3 is 1.10 bits per heavy atom. The van der Waals surface area contributed by atoms with Gasteiger partial charge in [-0.15, -0.1) is 0 Å². The molecule has 4 unspecified atom stereocenters. The van der Waals surface area contributed by atoms with Gasteiger partial charge in [-0.25, -0.2) is 19.6 Å². The van der Waals surface area contributed by atoms with Crippen molar-refractivity contribution in [2.24, 2.45) is 33.7 Å². The minimum Gasteiger partial charge on any atom is -0.211 e. The topological polar surface area (TPSA) is 58.9 Å². The minimum atomic E-state index is 0.656. The van der Waals surface area contributed by atoms with Crippen molar-refractivity contribution in [2.45, 2.75) is 194 Å². The summed E-state index contributed by atoms with van der Waals surface area (Å²) in [6.07, 6.45) is 41.7. The van der Waals surface area contributed by atoms with E-state index in [4.69, 9.17) is 0 Å². The molecule has 4 heteroatoms. The quantitative estimate of drug-likeness (QED) is 0.0477. The van der Waals surface area contributed by atoms with E-state index in [1.54, 1.807) is 12.2 Å². The van der Waals surface area contributed by atoms with Gasteiger partial charge in [-0.1, -0.05) is 155 Å². The number of rotatable bonds is 30. The van der Waals surface area contributed by atoms with Gasteiger partial charge in [-0.3, -0.25) is 0 Å². The molecule has 4 nitrogen and oxygen atoms in total. The van der Waals surface area contributed by atoms with Crippen LogP contribution in [0.25, 0.3) is 0 Å². The van der Waals surface area contributed by atoms with Crippen molar-refractivity contribution in [3.05, 3.63) is 0 Å². The van der Waals surface area contributed by atoms with E-state index in [0.717, 1.165) is 36.5 Å². The normalized spacial score (nSPS) is 20.2. The largest absolute Gasteiger partial charge is 0.234 e. The lowest BCUT2D eigenvalue weighted by atomic mass is 9.61. The van der Waals surface area contributed by atoms with E-state index in [1.807, 2.05) is 0 Å². The maximum atomic E-state index is 10.2. The molecular weight excluding hydrogens is 516 g/mol. The lowest BCUT2D eigenvalue weighted by molar-refractivity contribution is 0.0581. The Bertz CT molecular complexity index is 683. The van der Waals surface area contributed by atoms with E-state index in [1.165, 1.54) is 167 Å². The summed E-state index contributed by atoms with van der Waals surface area (Å²) in [5.74, 6) is 3.90. The molecule has 42 heavy (non-hydrogen) atoms. The molecule has 4 atom stereocenters. The second kappa shape index (κ2) is 29.8. The van der Waals surface area contributed by atoms with Crippen LogP contribution in [-0.4, -0.2) is 25.2 Å². The predicted octanol–water partition coefficient (Wildman–Crippen LogP) is 12.1. The molecule has 0 aliphatic heterocycles. The van der Waals surface area contributed by atoms with Gasteiger partial charge in [-0.05, 0) is 62.2 Å². The number of unbranched alkanes of at least 4 members (excludes halogenated alkanes) is 18. The number of hydrogen-bond acceptors (Lipinski definition) is 4. The van der Waals surface area contributed by atoms with Crippen molar-refractivity contribution in [1.82, 2.24) is 0 Å². The average Bonchev–Trinajstić information content (AvgIpc) is 3.00. The van der Waals surface area contributed by atoms with Gasteiger partial charge in [0.05, 0.1) is 13.1 Å². The van der Waals surface area contributed by atoms with Crippen LogP contribution >= 0.6 is 0 Å². The lowest BCUT2D eigenvalue weighted by Crippen LogP contribution is -2.35. The van der Waals surface area contributed by atoms with Gasteiger partial charge < -0.3 is 0 Å². The molecular formula is C38H70N2O2. The fraction of sp³-hybridized carbons (Fsp3) is 0.947. The van der Waals surface area contributed by atoms with E-state index >= 15 is 0 Å². The molecule has 1 aliphatic rings. The Hall–Kier alpha value is -1.24. The Morgan fingerprint density at radius 1 is 0.429 bits per heavy atom. The van der Waals surface area contributed by atoms with Crippen LogP contribution in [0, 0.1) is 23.7 Å². The van der Waals surface area contributed by atoms with E-state index in [-0.39, 0.29) is 0 Å². The molecule has 0 aromatic heterocycles. The van der Waals surface area contributed by atoms with Gasteiger partial charge in [0.1, 0.15) is 0 Å². The third kappa shape index (κ3) is 20.6. The predicted molar refractivity (Wildman–Crippen MR) is 181 cm³/mol. The molecule has 1 saturated carbocycles. The van der Waals surface area contributed by atoms with Crippen molar-refractivity contribution in [1.29, 1.82) is 0 Å². The van der Waals surface area contributed by atoms with Crippen molar-refractivity contribution >= 4 is 12.2 Å². The van der Waals surface area contributed by atoms with Crippen LogP contribution in [0.15, 0.2) is 9.98 Å². The molecule has 0 saturated heterocycles. The first-order valence-electron chi connectivity index (χ1n) is 18.9. The third-order valence-electron chi connectivity index (χ3n) is 10.3. The Kier molecular flexibility index (Phi) is 27.5. The zero-order chi connectivity index (χ0) is 30.4. The minimum absolute atomic E-state index is 0.656. The van der Waals surface area contributed by atoms with E-state index in [2.05, 4.69) is 23.8 Å². The second-order valence-electron chi connectivity index (χ2n) is 13.6. The number of aliphatic imine (C=N–C) groups is 2. The van der Waals surface area contributed by atoms with Crippen molar-refractivity contribution in [2.75, 3.05) is 13.1 Å². The van der Waals surface area contributed by atoms with Crippen LogP contribution < -0.4 is 0 Å². The summed E-state index contributed by atoms with van der Waals surface area (Å²) in [6.45, 7) is 6.00. The summed E-state index contributed by atoms with van der Waals surface area (Å²) in [7, 11) is 0. The number of hydrogen-bond donors (Lipinski definition) is 0. The second-order valence-corrected chi connectivity index (χ2v) is 13.6. The van der Waals surface area contributed by atoms with E-state index in [9.17, 15) is 9.59 Å². The molecule has 0 spiro atoms. The highest BCUT2D eigenvalue weighted by Gasteiger charge is 2.37. The Labute approximate surface area is 261 Å². The molecule has 0 bridgehead atoms. The smallest absolute Gasteiger partial charge is 0.211 e. The molecule has 0 aromatic rings. The van der Waals surface area contributed by atoms with Crippen molar-refractivity contribution < 1.29 is 9.59 Å². The fourth-order valence-electron chi connectivity index (χ4n) is 7.84. The maximum absolute atomic E-state index is 10.2. The molecule has 0 N–H and O–H groups in total. The van der Waals surface area contributed by atoms with E-state index < -0.39 is 0 Å². The molecule has 1 fully saturated rings. The van der Waals surface area contributed by atoms with Crippen LogP contribution in [0.5, 0.6) is 0 Å². The van der Waals surface area contributed by atoms with Crippen LogP contribution in [-0.2, 0) is 9.59 Å². The van der Waals surface area contributed by atoms with Crippen LogP contribution in [0.4, 0.5) is 0 Å². The number of isocyanates is 2. The summed E-state index contributed by atoms with van der Waals surface area (Å²) in [5, 5.41) is 0. The molecule has 0 radical (unpaired) electrons. The summed E-state index contributed by atoms with van der Waals surface area (Å²) < 4.78 is 0. The first-order valence-corrected chi connectivity index (χ1v) is 18.9. The molecule has 244 valence electrons. The molecule has 0 heterocycles. The summed E-state index contributed by atoms with van der Waals surface area (Å²) >= 11 is 0. The van der Waals surface area contributed by atoms with Gasteiger partial charge in [0.15, 0.2) is 0 Å². The van der Waals surface area contributed by atoms with Gasteiger partial charge >= 0.3 is 0 Å². The number of carbonyl (C=O) groups excluding carboxylic acids is 2. The monoisotopic (exact) mass is 587 g/mol. The Balaban J connectivity index is 2.60. The molecule has 0 amide bonds. The van der Waals surface area contributed by atoms with Gasteiger partial charge in [0, 0.05) is 0 Å². The third-order valence-corrected chi connectivity index (χ3v) is 10.3. The van der Waals surface area contributed by atoms with Gasteiger partial charge in [0.2, 0.25) is 12.2 Å². The van der Waals surface area contributed by atoms with Crippen molar-refractivity contribution in [3.8, 4) is 0 Å². The maximum Gasteiger partial charge on any atom is 0.234 e. The standard InChI is InChI=1S/C38H70N2O2/c1-3-5-7-19-25-35-29-30-36(26-20-15-12-14-18-24-32-40-34-42)38(37(35)27-21-8-6-4-2)28-22-16-11-9-10-13-17-23-31-39-33-41/h35-38H,3-32H2,1-2H3. The highest BCUT2D eigenvalue weighted by Crippen LogP contribution is 2.47. The first-order chi connectivity index (χ1) is 20.8. The van der Waals surface area contributed by atoms with Crippen LogP contribution in [0.2, 0.25) is 0 Å². The summed E-state index contributed by atoms with van der Waals surface area (Å²) in [5.41, 5.74) is 0. The SMILES string of the molecule is CCCCCCC1CCC(CCCCCCCCN=C=O)C(CCCCCCCCCCN=C=O)C1CCCCCC. The zero-order valence-corrected chi connectivity index (χ0v) is 28.2. The Morgan fingerprint density at radius 2 is 0.738 bits per heavy atom. The van der Waals surface area contributed by atoms with Gasteiger partial charge in [0.25, 0.3) is 0 Å². The first kappa shape index (κ1) is 38.8. The number of nitrogens with zero attached hydrogens (tertiary/aromatic N) is 2. The van der Waals surface area contributed by atoms with Crippen LogP contribution in [0.1, 0.15) is 194 Å². The highest BCUT2D eigenvalue weighted by molar-refractivity contribution is 5.32. The molecule has 1 rings (SSSR count). The average molecular weight is 587 g/mol. The highest BCUT2D eigenvalue weighted by atomic mass is 16.1. The van der Waals surface area contributed by atoms with Gasteiger partial charge in [-0.2, -0.15) is 0 Å². The van der Waals surface area contributed by atoms with Crippen LogP contribution in [0.3, 0.4) is 0 Å². The fourth-order valence-corrected chi connectivity index (χ4v) is 7.84.